The van der Waals surface area contributed by atoms with Crippen LogP contribution in [0.25, 0.3) is 0 Å². The maximum absolute atomic E-state index is 10.9. The Hall–Kier alpha value is 0.00870. The zero-order valence-corrected chi connectivity index (χ0v) is 16.7. The normalized spacial score (nSPS) is 11.1. The van der Waals surface area contributed by atoms with Gasteiger partial charge in [-0.05, 0) is 6.42 Å². The fourth-order valence-corrected chi connectivity index (χ4v) is 2.68. The molecule has 0 saturated heterocycles. The molecule has 0 rings (SSSR count). The van der Waals surface area contributed by atoms with Crippen LogP contribution >= 0.6 is 0 Å². The molecule has 0 spiro atoms. The predicted octanol–water partition coefficient (Wildman–Crippen LogP) is 5.65. The Morgan fingerprint density at radius 1 is 0.810 bits per heavy atom. The molecular formula is C18H33O2Sn. The van der Waals surface area contributed by atoms with Crippen LogP contribution in [0.4, 0.5) is 0 Å². The summed E-state index contributed by atoms with van der Waals surface area (Å²) in [6, 6.07) is 0. The molecule has 0 aliphatic rings. The molecule has 0 fully saturated rings. The van der Waals surface area contributed by atoms with Gasteiger partial charge in [0.1, 0.15) is 0 Å². The van der Waals surface area contributed by atoms with Crippen LogP contribution in [0, 0.1) is 0 Å². The molecule has 0 unspecified atom stereocenters. The second-order valence-corrected chi connectivity index (χ2v) is 6.39. The molecule has 2 nitrogen and oxygen atoms in total. The van der Waals surface area contributed by atoms with E-state index in [-0.39, 0.29) is 5.97 Å². The summed E-state index contributed by atoms with van der Waals surface area (Å²) in [5, 5.41) is 0. The summed E-state index contributed by atoms with van der Waals surface area (Å²) in [7, 11) is 0. The molecular weight excluding hydrogens is 367 g/mol. The van der Waals surface area contributed by atoms with E-state index in [1.54, 1.807) is 0 Å². The predicted molar refractivity (Wildman–Crippen MR) is 91.3 cm³/mol. The van der Waals surface area contributed by atoms with Crippen molar-refractivity contribution in [1.29, 1.82) is 0 Å². The molecule has 0 heterocycles. The first-order valence-electron chi connectivity index (χ1n) is 8.82. The third-order valence-electron chi connectivity index (χ3n) is 3.76. The van der Waals surface area contributed by atoms with Crippen molar-refractivity contribution in [2.45, 2.75) is 96.8 Å². The summed E-state index contributed by atoms with van der Waals surface area (Å²) in [5.41, 5.74) is 0. The molecule has 0 saturated carbocycles. The Morgan fingerprint density at radius 2 is 1.29 bits per heavy atom. The third-order valence-corrected chi connectivity index (χ3v) is 4.41. The number of unbranched alkanes of at least 4 members (excludes halogenated alkanes) is 11. The first-order valence-corrected chi connectivity index (χ1v) is 9.99. The van der Waals surface area contributed by atoms with Crippen LogP contribution in [0.1, 0.15) is 96.8 Å². The van der Waals surface area contributed by atoms with E-state index in [1.807, 2.05) is 0 Å². The van der Waals surface area contributed by atoms with Crippen LogP contribution in [-0.4, -0.2) is 28.9 Å². The molecule has 121 valence electrons. The second kappa shape index (κ2) is 18.1. The summed E-state index contributed by atoms with van der Waals surface area (Å²) in [5.74, 6) is -0.0363. The van der Waals surface area contributed by atoms with Gasteiger partial charge in [-0.2, -0.15) is 0 Å². The molecule has 0 aliphatic carbocycles. The van der Waals surface area contributed by atoms with E-state index >= 15 is 0 Å². The number of hydrogen-bond donors (Lipinski definition) is 0. The van der Waals surface area contributed by atoms with Crippen LogP contribution in [0.3, 0.4) is 0 Å². The summed E-state index contributed by atoms with van der Waals surface area (Å²) in [4.78, 5) is 10.9. The van der Waals surface area contributed by atoms with E-state index in [4.69, 9.17) is 3.07 Å². The summed E-state index contributed by atoms with van der Waals surface area (Å²) >= 11 is 0.861. The van der Waals surface area contributed by atoms with Crippen LogP contribution in [0.2, 0.25) is 0 Å². The van der Waals surface area contributed by atoms with E-state index in [1.165, 1.54) is 70.6 Å². The van der Waals surface area contributed by atoms with Crippen LogP contribution in [0.15, 0.2) is 12.2 Å². The molecule has 0 atom stereocenters. The minimum absolute atomic E-state index is 0.0363. The van der Waals surface area contributed by atoms with E-state index in [0.717, 1.165) is 35.8 Å². The Labute approximate surface area is 145 Å². The van der Waals surface area contributed by atoms with Crippen molar-refractivity contribution in [3.05, 3.63) is 12.2 Å². The Morgan fingerprint density at radius 3 is 1.81 bits per heavy atom. The minimum atomic E-state index is -0.0363. The number of allylic oxidation sites excluding steroid dienone is 2. The van der Waals surface area contributed by atoms with Crippen molar-refractivity contribution in [3.8, 4) is 0 Å². The zero-order valence-electron chi connectivity index (χ0n) is 13.9. The molecule has 0 amide bonds. The van der Waals surface area contributed by atoms with E-state index < -0.39 is 0 Å². The fraction of sp³-hybridized carbons (Fsp3) is 0.833. The van der Waals surface area contributed by atoms with E-state index in [9.17, 15) is 4.79 Å². The van der Waals surface area contributed by atoms with Gasteiger partial charge in [0.15, 0.2) is 0 Å². The molecule has 0 aromatic rings. The molecule has 0 aromatic heterocycles. The van der Waals surface area contributed by atoms with Gasteiger partial charge in [-0.25, -0.2) is 0 Å². The second-order valence-electron chi connectivity index (χ2n) is 5.81. The van der Waals surface area contributed by atoms with Gasteiger partial charge >= 0.3 is 100 Å². The third kappa shape index (κ3) is 18.0. The first kappa shape index (κ1) is 21.0. The standard InChI is InChI=1S/C18H34O2.Sn/c1-2-3-4-5-6-7-8-9-10-11-12-13-14-15-16-17-18(19)20;/h9-10H,2-8,11-17H2,1H3,(H,19,20);/q;+1/p-1/b10-9-;. The molecule has 0 aliphatic heterocycles. The van der Waals surface area contributed by atoms with Crippen LogP contribution in [0.5, 0.6) is 0 Å². The number of carbonyl (C=O) groups is 1. The SMILES string of the molecule is CCCCCCCC/C=C\CCCCCCCC(=O)[O][Sn]. The topological polar surface area (TPSA) is 26.3 Å². The van der Waals surface area contributed by atoms with Gasteiger partial charge in [0.25, 0.3) is 0 Å². The van der Waals surface area contributed by atoms with Gasteiger partial charge in [-0.15, -0.1) is 0 Å². The Balaban J connectivity index is 3.10. The molecule has 0 bridgehead atoms. The van der Waals surface area contributed by atoms with Gasteiger partial charge in [0, 0.05) is 0 Å². The van der Waals surface area contributed by atoms with Gasteiger partial charge in [0.05, 0.1) is 0 Å². The molecule has 21 heavy (non-hydrogen) atoms. The monoisotopic (exact) mass is 401 g/mol. The van der Waals surface area contributed by atoms with Crippen molar-refractivity contribution in [1.82, 2.24) is 0 Å². The van der Waals surface area contributed by atoms with E-state index in [0.29, 0.717) is 6.42 Å². The average molecular weight is 400 g/mol. The number of carbonyl (C=O) groups excluding carboxylic acids is 1. The number of rotatable bonds is 15. The Bertz CT molecular complexity index is 252. The Kier molecular flexibility index (Phi) is 18.1. The van der Waals surface area contributed by atoms with Gasteiger partial charge in [-0.1, -0.05) is 39.0 Å². The van der Waals surface area contributed by atoms with Gasteiger partial charge in [0.2, 0.25) is 0 Å². The van der Waals surface area contributed by atoms with Gasteiger partial charge in [-0.3, -0.25) is 0 Å². The summed E-state index contributed by atoms with van der Waals surface area (Å²) in [6.07, 6.45) is 22.1. The quantitative estimate of drug-likeness (QED) is 0.202. The van der Waals surface area contributed by atoms with Crippen molar-refractivity contribution in [3.63, 3.8) is 0 Å². The summed E-state index contributed by atoms with van der Waals surface area (Å²) in [6.45, 7) is 2.27. The van der Waals surface area contributed by atoms with Crippen molar-refractivity contribution in [2.75, 3.05) is 0 Å². The molecule has 0 N–H and O–H groups in total. The van der Waals surface area contributed by atoms with Gasteiger partial charge < -0.3 is 0 Å². The molecule has 3 heteroatoms. The molecule has 3 radical (unpaired) electrons. The summed E-state index contributed by atoms with van der Waals surface area (Å²) < 4.78 is 4.71. The molecule has 0 aromatic carbocycles. The first-order chi connectivity index (χ1) is 10.3. The van der Waals surface area contributed by atoms with Crippen LogP contribution in [-0.2, 0) is 7.87 Å². The van der Waals surface area contributed by atoms with E-state index in [2.05, 4.69) is 19.1 Å². The average Bonchev–Trinajstić information content (AvgIpc) is 2.50. The zero-order chi connectivity index (χ0) is 15.6. The number of hydrogen-bond acceptors (Lipinski definition) is 2. The van der Waals surface area contributed by atoms with Crippen molar-refractivity contribution < 1.29 is 7.87 Å². The van der Waals surface area contributed by atoms with Crippen molar-refractivity contribution in [2.24, 2.45) is 0 Å². The maximum atomic E-state index is 10.9. The van der Waals surface area contributed by atoms with Crippen molar-refractivity contribution >= 4 is 28.9 Å². The fourth-order valence-electron chi connectivity index (χ4n) is 2.39. The van der Waals surface area contributed by atoms with Crippen LogP contribution < -0.4 is 0 Å².